The van der Waals surface area contributed by atoms with Crippen LogP contribution in [0.2, 0.25) is 0 Å². The van der Waals surface area contributed by atoms with Gasteiger partial charge in [-0.3, -0.25) is 0 Å². The molecule has 13 rings (SSSR count). The predicted molar refractivity (Wildman–Crippen MR) is 263 cm³/mol. The van der Waals surface area contributed by atoms with Gasteiger partial charge in [0.05, 0.1) is 27.2 Å². The van der Waals surface area contributed by atoms with Crippen LogP contribution in [0.1, 0.15) is 22.3 Å². The molecule has 0 bridgehead atoms. The minimum Gasteiger partial charge on any atom is -0.310 e. The lowest BCUT2D eigenvalue weighted by Crippen LogP contribution is -2.26. The van der Waals surface area contributed by atoms with Gasteiger partial charge < -0.3 is 9.80 Å². The number of para-hydroxylation sites is 3. The molecule has 10 aromatic carbocycles. The lowest BCUT2D eigenvalue weighted by atomic mass is 9.70. The lowest BCUT2D eigenvalue weighted by molar-refractivity contribution is 0.794. The quantitative estimate of drug-likeness (QED) is 0.165. The van der Waals surface area contributed by atoms with Crippen LogP contribution in [0.3, 0.4) is 0 Å². The SMILES string of the molecule is c1ccc(N(c2ccccc2)c2cccc3c2-c2ccccc2C32c3ccccc3-c3c2cc(N(c2ccccc2)c2cccc4c2sc2ccccc24)c2ccccc32)cc1. The van der Waals surface area contributed by atoms with Crippen LogP contribution in [0.5, 0.6) is 0 Å². The van der Waals surface area contributed by atoms with E-state index in [4.69, 9.17) is 0 Å². The summed E-state index contributed by atoms with van der Waals surface area (Å²) in [6.45, 7) is 0. The number of nitrogens with zero attached hydrogens (tertiary/aromatic N) is 2. The van der Waals surface area contributed by atoms with Crippen molar-refractivity contribution in [3.63, 3.8) is 0 Å². The highest BCUT2D eigenvalue weighted by molar-refractivity contribution is 7.26. The predicted octanol–water partition coefficient (Wildman–Crippen LogP) is 16.5. The highest BCUT2D eigenvalue weighted by Crippen LogP contribution is 2.66. The monoisotopic (exact) mass is 806 g/mol. The van der Waals surface area contributed by atoms with Crippen molar-refractivity contribution in [1.82, 2.24) is 0 Å². The van der Waals surface area contributed by atoms with Crippen molar-refractivity contribution in [1.29, 1.82) is 0 Å². The molecule has 1 heterocycles. The summed E-state index contributed by atoms with van der Waals surface area (Å²) in [4.78, 5) is 4.97. The van der Waals surface area contributed by atoms with Gasteiger partial charge in [0.15, 0.2) is 0 Å². The van der Waals surface area contributed by atoms with E-state index in [0.717, 1.165) is 17.1 Å². The van der Waals surface area contributed by atoms with Crippen molar-refractivity contribution >= 4 is 76.4 Å². The minimum absolute atomic E-state index is 0.586. The van der Waals surface area contributed by atoms with Gasteiger partial charge in [0.25, 0.3) is 0 Å². The third-order valence-corrected chi connectivity index (χ3v) is 14.4. The Balaban J connectivity index is 1.15. The zero-order valence-corrected chi connectivity index (χ0v) is 34.6. The van der Waals surface area contributed by atoms with Crippen LogP contribution in [0.15, 0.2) is 231 Å². The molecule has 1 aromatic heterocycles. The molecule has 1 unspecified atom stereocenters. The van der Waals surface area contributed by atoms with E-state index in [0.29, 0.717) is 0 Å². The standard InChI is InChI=1S/C59H38N2S/c1-4-20-39(21-5-1)60(40-22-6-2-7-23-40)52-35-19-34-50-57(52)47-30-13-16-33-49(47)59(50)48-32-15-12-29-46(48)56-44-28-11-10-26-42(44)54(38-51(56)59)61(41-24-8-3-9-25-41)53-36-18-31-45-43-27-14-17-37-55(43)62-58(45)53/h1-38H. The van der Waals surface area contributed by atoms with Crippen molar-refractivity contribution in [2.45, 2.75) is 5.41 Å². The Hall–Kier alpha value is -7.72. The second-order valence-electron chi connectivity index (χ2n) is 16.3. The van der Waals surface area contributed by atoms with Gasteiger partial charge in [0.2, 0.25) is 0 Å². The van der Waals surface area contributed by atoms with Gasteiger partial charge in [0.1, 0.15) is 0 Å². The van der Waals surface area contributed by atoms with Crippen molar-refractivity contribution in [2.24, 2.45) is 0 Å². The van der Waals surface area contributed by atoms with E-state index in [2.05, 4.69) is 240 Å². The Morgan fingerprint density at radius 2 is 0.790 bits per heavy atom. The van der Waals surface area contributed by atoms with Gasteiger partial charge in [-0.25, -0.2) is 0 Å². The van der Waals surface area contributed by atoms with Crippen LogP contribution >= 0.6 is 11.3 Å². The maximum atomic E-state index is 2.56. The fourth-order valence-electron chi connectivity index (χ4n) is 10.9. The number of anilines is 6. The summed E-state index contributed by atoms with van der Waals surface area (Å²) in [6, 6.07) is 85.2. The van der Waals surface area contributed by atoms with E-state index >= 15 is 0 Å². The fraction of sp³-hybridized carbons (Fsp3) is 0.0169. The Bertz CT molecular complexity index is 3500. The summed E-state index contributed by atoms with van der Waals surface area (Å²) in [7, 11) is 0. The fourth-order valence-corrected chi connectivity index (χ4v) is 12.1. The molecular formula is C59H38N2S. The Kier molecular flexibility index (Phi) is 7.72. The first-order valence-corrected chi connectivity index (χ1v) is 22.2. The number of rotatable bonds is 6. The van der Waals surface area contributed by atoms with Gasteiger partial charge in [-0.15, -0.1) is 11.3 Å². The topological polar surface area (TPSA) is 6.48 Å². The Labute approximate surface area is 364 Å². The molecule has 0 amide bonds. The molecule has 3 heteroatoms. The smallest absolute Gasteiger partial charge is 0.0727 e. The third kappa shape index (κ3) is 4.85. The average molecular weight is 807 g/mol. The van der Waals surface area contributed by atoms with Crippen LogP contribution in [-0.4, -0.2) is 0 Å². The Morgan fingerprint density at radius 1 is 0.306 bits per heavy atom. The molecule has 2 aliphatic carbocycles. The average Bonchev–Trinajstić information content (AvgIpc) is 3.98. The first-order valence-electron chi connectivity index (χ1n) is 21.4. The molecule has 0 aliphatic heterocycles. The van der Waals surface area contributed by atoms with E-state index in [1.807, 2.05) is 11.3 Å². The van der Waals surface area contributed by atoms with Crippen LogP contribution in [0, 0.1) is 0 Å². The molecule has 0 N–H and O–H groups in total. The van der Waals surface area contributed by atoms with Gasteiger partial charge in [-0.2, -0.15) is 0 Å². The summed E-state index contributed by atoms with van der Waals surface area (Å²) >= 11 is 1.88. The van der Waals surface area contributed by atoms with Crippen molar-refractivity contribution in [3.8, 4) is 22.3 Å². The number of benzene rings is 10. The van der Waals surface area contributed by atoms with Crippen LogP contribution in [0.4, 0.5) is 34.1 Å². The highest BCUT2D eigenvalue weighted by Gasteiger charge is 2.53. The first-order chi connectivity index (χ1) is 30.8. The first kappa shape index (κ1) is 35.1. The molecule has 11 aromatic rings. The lowest BCUT2D eigenvalue weighted by Gasteiger charge is -2.33. The molecular weight excluding hydrogens is 769 g/mol. The molecule has 0 fully saturated rings. The van der Waals surface area contributed by atoms with Gasteiger partial charge in [-0.1, -0.05) is 170 Å². The zero-order chi connectivity index (χ0) is 40.8. The second kappa shape index (κ2) is 13.7. The molecule has 1 spiro atoms. The zero-order valence-electron chi connectivity index (χ0n) is 33.7. The van der Waals surface area contributed by atoms with E-state index < -0.39 is 5.41 Å². The highest BCUT2D eigenvalue weighted by atomic mass is 32.1. The van der Waals surface area contributed by atoms with Gasteiger partial charge in [0, 0.05) is 43.5 Å². The number of thiophene rings is 1. The van der Waals surface area contributed by atoms with Crippen LogP contribution in [0.25, 0.3) is 53.2 Å². The maximum absolute atomic E-state index is 2.56. The summed E-state index contributed by atoms with van der Waals surface area (Å²) in [5.74, 6) is 0. The molecule has 0 saturated heterocycles. The number of hydrogen-bond acceptors (Lipinski definition) is 3. The normalized spacial score (nSPS) is 14.5. The molecule has 0 radical (unpaired) electrons. The van der Waals surface area contributed by atoms with E-state index in [-0.39, 0.29) is 0 Å². The van der Waals surface area contributed by atoms with Crippen molar-refractivity contribution < 1.29 is 0 Å². The summed E-state index contributed by atoms with van der Waals surface area (Å²) in [6.07, 6.45) is 0. The van der Waals surface area contributed by atoms with E-state index in [1.54, 1.807) is 0 Å². The van der Waals surface area contributed by atoms with Crippen LogP contribution < -0.4 is 9.80 Å². The second-order valence-corrected chi connectivity index (χ2v) is 17.4. The molecule has 2 aliphatic rings. The van der Waals surface area contributed by atoms with E-state index in [1.165, 1.54) is 92.5 Å². The number of hydrogen-bond donors (Lipinski definition) is 0. The van der Waals surface area contributed by atoms with E-state index in [9.17, 15) is 0 Å². The summed E-state index contributed by atoms with van der Waals surface area (Å²) in [5, 5.41) is 5.06. The van der Waals surface area contributed by atoms with Crippen LogP contribution in [-0.2, 0) is 5.41 Å². The molecule has 2 nitrogen and oxygen atoms in total. The maximum Gasteiger partial charge on any atom is 0.0727 e. The summed E-state index contributed by atoms with van der Waals surface area (Å²) < 4.78 is 2.58. The summed E-state index contributed by atoms with van der Waals surface area (Å²) in [5.41, 5.74) is 16.7. The molecule has 290 valence electrons. The molecule has 0 saturated carbocycles. The van der Waals surface area contributed by atoms with Crippen molar-refractivity contribution in [2.75, 3.05) is 9.80 Å². The van der Waals surface area contributed by atoms with Gasteiger partial charge >= 0.3 is 0 Å². The third-order valence-electron chi connectivity index (χ3n) is 13.2. The molecule has 1 atom stereocenters. The Morgan fingerprint density at radius 3 is 1.47 bits per heavy atom. The van der Waals surface area contributed by atoms with Crippen molar-refractivity contribution in [3.05, 3.63) is 253 Å². The minimum atomic E-state index is -0.586. The largest absolute Gasteiger partial charge is 0.310 e. The molecule has 62 heavy (non-hydrogen) atoms. The number of fused-ring (bicyclic) bond motifs is 15. The van der Waals surface area contributed by atoms with Gasteiger partial charge in [-0.05, 0) is 105 Å².